The van der Waals surface area contributed by atoms with Gasteiger partial charge in [-0.3, -0.25) is 0 Å². The van der Waals surface area contributed by atoms with E-state index in [1.54, 1.807) is 0 Å². The summed E-state index contributed by atoms with van der Waals surface area (Å²) in [6.07, 6.45) is 3.08. The molecular weight excluding hydrogens is 174 g/mol. The second-order valence-electron chi connectivity index (χ2n) is 3.81. The highest BCUT2D eigenvalue weighted by Crippen LogP contribution is 2.22. The first-order valence-electron chi connectivity index (χ1n) is 5.08. The van der Waals surface area contributed by atoms with Gasteiger partial charge in [0.05, 0.1) is 5.52 Å². The number of hydrogen-bond acceptors (Lipinski definition) is 2. The Balaban J connectivity index is 2.14. The molecule has 0 radical (unpaired) electrons. The van der Waals surface area contributed by atoms with E-state index in [1.807, 2.05) is 12.3 Å². The smallest absolute Gasteiger partial charge is 0.0664 e. The third-order valence-electron chi connectivity index (χ3n) is 2.93. The van der Waals surface area contributed by atoms with Crippen LogP contribution in [0.25, 0.3) is 5.52 Å². The van der Waals surface area contributed by atoms with Crippen LogP contribution in [-0.2, 0) is 0 Å². The van der Waals surface area contributed by atoms with Crippen LogP contribution in [0.5, 0.6) is 0 Å². The van der Waals surface area contributed by atoms with E-state index < -0.39 is 0 Å². The molecule has 1 atom stereocenters. The number of nitrogens with zero attached hydrogens (tertiary/aromatic N) is 2. The molecule has 0 aliphatic carbocycles. The standard InChI is InChI=1S/C11H13N3/c1-2-10-5-7-13-14(10)11(3-1)9-4-6-12-8-9/h1-3,5,7,9,12H,4,6,8H2. The second kappa shape index (κ2) is 3.10. The summed E-state index contributed by atoms with van der Waals surface area (Å²) in [6.45, 7) is 2.21. The molecule has 3 rings (SSSR count). The van der Waals surface area contributed by atoms with Gasteiger partial charge in [0.15, 0.2) is 0 Å². The molecule has 0 amide bonds. The molecule has 1 aliphatic heterocycles. The highest BCUT2D eigenvalue weighted by molar-refractivity contribution is 5.46. The normalized spacial score (nSPS) is 21.9. The van der Waals surface area contributed by atoms with Gasteiger partial charge in [-0.15, -0.1) is 0 Å². The minimum atomic E-state index is 0.624. The van der Waals surface area contributed by atoms with E-state index in [0.29, 0.717) is 5.92 Å². The Bertz CT molecular complexity index is 440. The molecule has 1 N–H and O–H groups in total. The molecule has 3 nitrogen and oxygen atoms in total. The van der Waals surface area contributed by atoms with Gasteiger partial charge >= 0.3 is 0 Å². The molecule has 3 heteroatoms. The summed E-state index contributed by atoms with van der Waals surface area (Å²) in [5.41, 5.74) is 2.52. The van der Waals surface area contributed by atoms with Crippen molar-refractivity contribution in [3.63, 3.8) is 0 Å². The van der Waals surface area contributed by atoms with E-state index in [-0.39, 0.29) is 0 Å². The van der Waals surface area contributed by atoms with E-state index in [1.165, 1.54) is 17.6 Å². The SMILES string of the molecule is c1cc(C2CCNC2)n2nccc2c1. The number of rotatable bonds is 1. The lowest BCUT2D eigenvalue weighted by Crippen LogP contribution is -2.10. The van der Waals surface area contributed by atoms with Gasteiger partial charge in [-0.25, -0.2) is 4.52 Å². The van der Waals surface area contributed by atoms with Crippen molar-refractivity contribution in [2.45, 2.75) is 12.3 Å². The van der Waals surface area contributed by atoms with Gasteiger partial charge in [0.25, 0.3) is 0 Å². The molecule has 1 saturated heterocycles. The van der Waals surface area contributed by atoms with Crippen LogP contribution in [0.3, 0.4) is 0 Å². The van der Waals surface area contributed by atoms with E-state index in [0.717, 1.165) is 13.1 Å². The molecule has 3 heterocycles. The maximum Gasteiger partial charge on any atom is 0.0664 e. The molecule has 0 saturated carbocycles. The average molecular weight is 187 g/mol. The third-order valence-corrected chi connectivity index (χ3v) is 2.93. The Hall–Kier alpha value is -1.35. The molecule has 2 aromatic heterocycles. The van der Waals surface area contributed by atoms with Crippen molar-refractivity contribution in [3.8, 4) is 0 Å². The summed E-state index contributed by atoms with van der Waals surface area (Å²) in [4.78, 5) is 0. The first-order chi connectivity index (χ1) is 6.95. The predicted molar refractivity (Wildman–Crippen MR) is 55.4 cm³/mol. The van der Waals surface area contributed by atoms with Crippen molar-refractivity contribution in [2.24, 2.45) is 0 Å². The molecule has 0 bridgehead atoms. The Kier molecular flexibility index (Phi) is 1.77. The maximum absolute atomic E-state index is 4.35. The quantitative estimate of drug-likeness (QED) is 0.731. The van der Waals surface area contributed by atoms with Gasteiger partial charge in [-0.1, -0.05) is 6.07 Å². The van der Waals surface area contributed by atoms with Crippen LogP contribution < -0.4 is 5.32 Å². The van der Waals surface area contributed by atoms with E-state index >= 15 is 0 Å². The zero-order valence-electron chi connectivity index (χ0n) is 7.98. The van der Waals surface area contributed by atoms with Gasteiger partial charge in [0.2, 0.25) is 0 Å². The van der Waals surface area contributed by atoms with E-state index in [9.17, 15) is 0 Å². The highest BCUT2D eigenvalue weighted by atomic mass is 15.2. The molecule has 0 spiro atoms. The molecule has 1 unspecified atom stereocenters. The Morgan fingerprint density at radius 1 is 1.36 bits per heavy atom. The van der Waals surface area contributed by atoms with Crippen molar-refractivity contribution >= 4 is 5.52 Å². The molecule has 0 aromatic carbocycles. The van der Waals surface area contributed by atoms with Gasteiger partial charge in [0.1, 0.15) is 0 Å². The monoisotopic (exact) mass is 187 g/mol. The van der Waals surface area contributed by atoms with Gasteiger partial charge in [-0.05, 0) is 31.2 Å². The summed E-state index contributed by atoms with van der Waals surface area (Å²) in [6, 6.07) is 8.44. The first-order valence-corrected chi connectivity index (χ1v) is 5.08. The Morgan fingerprint density at radius 2 is 2.36 bits per heavy atom. The van der Waals surface area contributed by atoms with E-state index in [4.69, 9.17) is 0 Å². The summed E-state index contributed by atoms with van der Waals surface area (Å²) >= 11 is 0. The fourth-order valence-electron chi connectivity index (χ4n) is 2.19. The zero-order valence-corrected chi connectivity index (χ0v) is 7.98. The molecule has 1 fully saturated rings. The number of nitrogens with one attached hydrogen (secondary N) is 1. The fourth-order valence-corrected chi connectivity index (χ4v) is 2.19. The molecule has 72 valence electrons. The largest absolute Gasteiger partial charge is 0.316 e. The number of fused-ring (bicyclic) bond motifs is 1. The van der Waals surface area contributed by atoms with Crippen LogP contribution in [0.4, 0.5) is 0 Å². The summed E-state index contributed by atoms with van der Waals surface area (Å²) in [7, 11) is 0. The van der Waals surface area contributed by atoms with Crippen LogP contribution in [0.1, 0.15) is 18.0 Å². The van der Waals surface area contributed by atoms with Crippen molar-refractivity contribution < 1.29 is 0 Å². The number of hydrogen-bond donors (Lipinski definition) is 1. The lowest BCUT2D eigenvalue weighted by Gasteiger charge is -2.10. The van der Waals surface area contributed by atoms with Gasteiger partial charge in [0, 0.05) is 24.4 Å². The lowest BCUT2D eigenvalue weighted by atomic mass is 10.0. The molecule has 1 aliphatic rings. The van der Waals surface area contributed by atoms with Crippen LogP contribution in [-0.4, -0.2) is 22.7 Å². The van der Waals surface area contributed by atoms with Crippen LogP contribution in [0, 0.1) is 0 Å². The molecule has 14 heavy (non-hydrogen) atoms. The summed E-state index contributed by atoms with van der Waals surface area (Å²) < 4.78 is 2.05. The van der Waals surface area contributed by atoms with Crippen molar-refractivity contribution in [1.82, 2.24) is 14.9 Å². The zero-order chi connectivity index (χ0) is 9.38. The highest BCUT2D eigenvalue weighted by Gasteiger charge is 2.18. The van der Waals surface area contributed by atoms with Crippen molar-refractivity contribution in [3.05, 3.63) is 36.2 Å². The summed E-state index contributed by atoms with van der Waals surface area (Å²) in [5, 5.41) is 7.74. The van der Waals surface area contributed by atoms with Crippen molar-refractivity contribution in [1.29, 1.82) is 0 Å². The van der Waals surface area contributed by atoms with Crippen molar-refractivity contribution in [2.75, 3.05) is 13.1 Å². The van der Waals surface area contributed by atoms with E-state index in [2.05, 4.69) is 33.1 Å². The first kappa shape index (κ1) is 8.00. The van der Waals surface area contributed by atoms with Crippen LogP contribution in [0.2, 0.25) is 0 Å². The Morgan fingerprint density at radius 3 is 3.21 bits per heavy atom. The lowest BCUT2D eigenvalue weighted by molar-refractivity contribution is 0.696. The van der Waals surface area contributed by atoms with Crippen LogP contribution >= 0.6 is 0 Å². The number of aromatic nitrogens is 2. The topological polar surface area (TPSA) is 29.3 Å². The van der Waals surface area contributed by atoms with Crippen LogP contribution in [0.15, 0.2) is 30.5 Å². The maximum atomic E-state index is 4.35. The number of pyridine rings is 1. The minimum absolute atomic E-state index is 0.624. The predicted octanol–water partition coefficient (Wildman–Crippen LogP) is 1.41. The second-order valence-corrected chi connectivity index (χ2v) is 3.81. The average Bonchev–Trinajstić information content (AvgIpc) is 2.88. The fraction of sp³-hybridized carbons (Fsp3) is 0.364. The summed E-state index contributed by atoms with van der Waals surface area (Å²) in [5.74, 6) is 0.624. The molecular formula is C11H13N3. The minimum Gasteiger partial charge on any atom is -0.316 e. The molecule has 2 aromatic rings. The Labute approximate surface area is 82.7 Å². The third kappa shape index (κ3) is 1.13. The van der Waals surface area contributed by atoms with Gasteiger partial charge in [-0.2, -0.15) is 5.10 Å². The van der Waals surface area contributed by atoms with Gasteiger partial charge < -0.3 is 5.32 Å².